The molecule has 0 unspecified atom stereocenters. The van der Waals surface area contributed by atoms with E-state index in [0.717, 1.165) is 45.6 Å². The lowest BCUT2D eigenvalue weighted by molar-refractivity contribution is -0.140. The monoisotopic (exact) mass is 961 g/mol. The number of carbonyl (C=O) groups is 5. The lowest BCUT2D eigenvalue weighted by Crippen LogP contribution is -2.31. The van der Waals surface area contributed by atoms with Crippen LogP contribution in [0.4, 0.5) is 11.4 Å². The van der Waals surface area contributed by atoms with Gasteiger partial charge in [-0.25, -0.2) is 9.59 Å². The third kappa shape index (κ3) is 19.6. The highest BCUT2D eigenvalue weighted by molar-refractivity contribution is 6.07. The van der Waals surface area contributed by atoms with E-state index in [1.54, 1.807) is 58.0 Å². The molecule has 0 saturated heterocycles. The fraction of sp³-hybridized carbons (Fsp3) is 0.271. The van der Waals surface area contributed by atoms with E-state index in [4.69, 9.17) is 19.9 Å². The summed E-state index contributed by atoms with van der Waals surface area (Å²) in [6.07, 6.45) is 10.7. The summed E-state index contributed by atoms with van der Waals surface area (Å²) in [5, 5.41) is 6.12. The van der Waals surface area contributed by atoms with E-state index >= 15 is 0 Å². The van der Waals surface area contributed by atoms with Gasteiger partial charge in [0, 0.05) is 72.8 Å². The average Bonchev–Trinajstić information content (AvgIpc) is 3.36. The first-order valence-electron chi connectivity index (χ1n) is 23.6. The third-order valence-corrected chi connectivity index (χ3v) is 11.1. The molecule has 0 bridgehead atoms. The molecular weight excluding hydrogens is 893 g/mol. The Morgan fingerprint density at radius 3 is 1.82 bits per heavy atom. The number of benzene rings is 4. The van der Waals surface area contributed by atoms with E-state index in [1.807, 2.05) is 66.8 Å². The minimum atomic E-state index is -0.472. The first-order chi connectivity index (χ1) is 34.0. The molecule has 4 N–H and O–H groups in total. The molecule has 0 aliphatic rings. The summed E-state index contributed by atoms with van der Waals surface area (Å²) in [5.74, 6) is -0.704. The lowest BCUT2D eigenvalue weighted by Gasteiger charge is -2.27. The molecule has 4 aromatic rings. The molecule has 12 nitrogen and oxygen atoms in total. The Balaban J connectivity index is 1.45. The number of esters is 2. The molecule has 4 aromatic carbocycles. The van der Waals surface area contributed by atoms with Gasteiger partial charge < -0.3 is 35.5 Å². The highest BCUT2D eigenvalue weighted by Crippen LogP contribution is 2.29. The number of hydrogen-bond donors (Lipinski definition) is 3. The van der Waals surface area contributed by atoms with Crippen molar-refractivity contribution in [2.45, 2.75) is 52.9 Å². The van der Waals surface area contributed by atoms with Gasteiger partial charge in [0.2, 0.25) is 5.91 Å². The summed E-state index contributed by atoms with van der Waals surface area (Å²) in [6.45, 7) is 24.6. The topological polar surface area (TPSA) is 166 Å². The molecule has 1 amide bonds. The van der Waals surface area contributed by atoms with Crippen molar-refractivity contribution in [2.75, 3.05) is 62.8 Å². The number of nitrogens with one attached hydrogen (secondary N) is 2. The van der Waals surface area contributed by atoms with Gasteiger partial charge in [-0.3, -0.25) is 14.4 Å². The normalized spacial score (nSPS) is 11.6. The zero-order valence-corrected chi connectivity index (χ0v) is 41.6. The number of carbonyl (C=O) groups excluding carboxylic acids is 5. The summed E-state index contributed by atoms with van der Waals surface area (Å²) in [6, 6.07) is 30.9. The summed E-state index contributed by atoms with van der Waals surface area (Å²) in [7, 11) is 0. The second-order valence-electron chi connectivity index (χ2n) is 17.2. The maximum atomic E-state index is 13.0. The molecule has 0 fully saturated rings. The first-order valence-corrected chi connectivity index (χ1v) is 23.6. The van der Waals surface area contributed by atoms with Crippen LogP contribution in [0.25, 0.3) is 17.7 Å². The van der Waals surface area contributed by atoms with E-state index in [1.165, 1.54) is 6.08 Å². The van der Waals surface area contributed by atoms with Crippen molar-refractivity contribution in [3.05, 3.63) is 192 Å². The van der Waals surface area contributed by atoms with E-state index < -0.39 is 11.9 Å². The average molecular weight is 961 g/mol. The van der Waals surface area contributed by atoms with Crippen LogP contribution in [0.3, 0.4) is 0 Å². The van der Waals surface area contributed by atoms with Crippen LogP contribution in [0.5, 0.6) is 5.75 Å². The van der Waals surface area contributed by atoms with E-state index in [9.17, 15) is 24.0 Å². The number of ketones is 2. The Morgan fingerprint density at radius 2 is 1.23 bits per heavy atom. The van der Waals surface area contributed by atoms with Gasteiger partial charge in [0.15, 0.2) is 11.6 Å². The predicted octanol–water partition coefficient (Wildman–Crippen LogP) is 10.3. The number of ether oxygens (including phenoxy) is 3. The minimum Gasteiger partial charge on any atom is -0.490 e. The number of amides is 1. The molecule has 372 valence electrons. The van der Waals surface area contributed by atoms with Crippen LogP contribution in [0.2, 0.25) is 0 Å². The molecule has 0 heterocycles. The van der Waals surface area contributed by atoms with E-state index in [0.29, 0.717) is 72.7 Å². The lowest BCUT2D eigenvalue weighted by atomic mass is 9.90. The quantitative estimate of drug-likeness (QED) is 0.0150. The second kappa shape index (κ2) is 29.3. The maximum Gasteiger partial charge on any atom is 0.333 e. The Bertz CT molecular complexity index is 2590. The predicted molar refractivity (Wildman–Crippen MR) is 287 cm³/mol. The fourth-order valence-electron chi connectivity index (χ4n) is 6.97. The van der Waals surface area contributed by atoms with Crippen LogP contribution in [0.1, 0.15) is 85.5 Å². The van der Waals surface area contributed by atoms with Crippen LogP contribution in [-0.2, 0) is 28.7 Å². The molecule has 0 saturated carbocycles. The molecule has 1 atom stereocenters. The SMILES string of the molecule is C=C(C)C(=O)C/C=C(/C=C/c1ccc(NCCNC(=O)C(=C)C)cc1)c1ccc([C@@H](CCOC(=O)C(=C)C)CCN(CCN)c2ccc(/C=C/C(=O)c3ccc(OCCOC(=O)C(=C)C)cc3)cc2)cc1. The van der Waals surface area contributed by atoms with Crippen molar-refractivity contribution >= 4 is 58.5 Å². The van der Waals surface area contributed by atoms with Crippen molar-refractivity contribution in [3.8, 4) is 5.75 Å². The third-order valence-electron chi connectivity index (χ3n) is 11.1. The van der Waals surface area contributed by atoms with Gasteiger partial charge in [0.25, 0.3) is 0 Å². The minimum absolute atomic E-state index is 0.0184. The van der Waals surface area contributed by atoms with E-state index in [-0.39, 0.29) is 49.6 Å². The van der Waals surface area contributed by atoms with E-state index in [2.05, 4.69) is 66.1 Å². The van der Waals surface area contributed by atoms with Crippen LogP contribution in [0, 0.1) is 0 Å². The van der Waals surface area contributed by atoms with Crippen LogP contribution in [0.15, 0.2) is 164 Å². The zero-order valence-electron chi connectivity index (χ0n) is 41.6. The zero-order chi connectivity index (χ0) is 51.7. The number of Topliss-reactive ketones (excluding diaryl/α,β-unsaturated/α-hetero) is 1. The van der Waals surface area contributed by atoms with Gasteiger partial charge in [-0.05, 0) is 134 Å². The van der Waals surface area contributed by atoms with Gasteiger partial charge in [-0.1, -0.05) is 99.2 Å². The molecule has 0 aliphatic carbocycles. The number of hydrogen-bond acceptors (Lipinski definition) is 11. The standard InChI is InChI=1S/C59H68N4O8/c1-41(2)55(64)30-22-47(15-9-45-10-23-52(24-11-45)61-34-35-62-57(66)42(3)4)48-16-18-49(19-17-48)50(32-38-70-58(67)43(5)6)31-36-63(37-33-60)53-25-12-46(13-26-53)14-29-56(65)51-20-27-54(28-21-51)69-39-40-71-59(68)44(7)8/h9-29,50,61H,1,3,5,7,30-40,60H2,2,4,6,8H3,(H,62,66)/b15-9+,29-14+,47-22-/t50-/m1/s1. The van der Waals surface area contributed by atoms with Gasteiger partial charge in [0.05, 0.1) is 6.61 Å². The molecule has 12 heteroatoms. The van der Waals surface area contributed by atoms with Gasteiger partial charge in [0.1, 0.15) is 19.0 Å². The van der Waals surface area contributed by atoms with Crippen LogP contribution < -0.4 is 26.0 Å². The van der Waals surface area contributed by atoms with Crippen molar-refractivity contribution in [2.24, 2.45) is 5.73 Å². The summed E-state index contributed by atoms with van der Waals surface area (Å²) in [5.41, 5.74) is 14.9. The van der Waals surface area contributed by atoms with Crippen LogP contribution in [-0.4, -0.2) is 82.0 Å². The van der Waals surface area contributed by atoms with Gasteiger partial charge >= 0.3 is 11.9 Å². The molecular formula is C59H68N4O8. The van der Waals surface area contributed by atoms with Crippen molar-refractivity contribution in [1.82, 2.24) is 5.32 Å². The first kappa shape index (κ1) is 55.8. The van der Waals surface area contributed by atoms with Crippen molar-refractivity contribution in [3.63, 3.8) is 0 Å². The van der Waals surface area contributed by atoms with Gasteiger partial charge in [-0.15, -0.1) is 0 Å². The number of nitrogens with zero attached hydrogens (tertiary/aromatic N) is 1. The summed E-state index contributed by atoms with van der Waals surface area (Å²) >= 11 is 0. The Kier molecular flexibility index (Phi) is 23.0. The maximum absolute atomic E-state index is 13.0. The molecule has 0 radical (unpaired) electrons. The Hall–Kier alpha value is -7.83. The number of allylic oxidation sites excluding steroid dienone is 5. The van der Waals surface area contributed by atoms with Crippen molar-refractivity contribution < 1.29 is 38.2 Å². The molecule has 0 spiro atoms. The molecule has 4 rings (SSSR count). The highest BCUT2D eigenvalue weighted by atomic mass is 16.6. The fourth-order valence-corrected chi connectivity index (χ4v) is 6.97. The Morgan fingerprint density at radius 1 is 0.634 bits per heavy atom. The molecule has 0 aliphatic heterocycles. The number of nitrogens with two attached hydrogens (primary N) is 1. The summed E-state index contributed by atoms with van der Waals surface area (Å²) < 4.78 is 16.2. The molecule has 0 aromatic heterocycles. The van der Waals surface area contributed by atoms with Crippen LogP contribution >= 0.6 is 0 Å². The number of rotatable bonds is 30. The smallest absolute Gasteiger partial charge is 0.333 e. The van der Waals surface area contributed by atoms with Crippen molar-refractivity contribution in [1.29, 1.82) is 0 Å². The number of anilines is 2. The molecule has 71 heavy (non-hydrogen) atoms. The Labute approximate surface area is 419 Å². The largest absolute Gasteiger partial charge is 0.490 e. The highest BCUT2D eigenvalue weighted by Gasteiger charge is 2.17. The second-order valence-corrected chi connectivity index (χ2v) is 17.2. The van der Waals surface area contributed by atoms with Gasteiger partial charge in [-0.2, -0.15) is 0 Å². The summed E-state index contributed by atoms with van der Waals surface area (Å²) in [4.78, 5) is 63.6.